The van der Waals surface area contributed by atoms with E-state index in [1.165, 1.54) is 24.3 Å². The zero-order valence-electron chi connectivity index (χ0n) is 10.8. The van der Waals surface area contributed by atoms with E-state index in [1.807, 2.05) is 0 Å². The number of rotatable bonds is 7. The van der Waals surface area contributed by atoms with Crippen LogP contribution in [0.3, 0.4) is 0 Å². The molecule has 0 saturated heterocycles. The Hall–Kier alpha value is -2.42. The van der Waals surface area contributed by atoms with E-state index in [0.29, 0.717) is 0 Å². The summed E-state index contributed by atoms with van der Waals surface area (Å²) in [5.41, 5.74) is 0.266. The van der Waals surface area contributed by atoms with E-state index in [1.54, 1.807) is 0 Å². The largest absolute Gasteiger partial charge is 0.480 e. The van der Waals surface area contributed by atoms with E-state index >= 15 is 0 Å². The number of hydrogen-bond acceptors (Lipinski definition) is 4. The van der Waals surface area contributed by atoms with Crippen LogP contribution in [-0.2, 0) is 4.79 Å². The van der Waals surface area contributed by atoms with Crippen LogP contribution in [0.5, 0.6) is 5.75 Å². The number of halogens is 2. The summed E-state index contributed by atoms with van der Waals surface area (Å²) in [4.78, 5) is 22.3. The number of amides is 2. The molecule has 21 heavy (non-hydrogen) atoms. The molecular formula is C12H14F2N2O5. The zero-order valence-corrected chi connectivity index (χ0v) is 10.8. The first kappa shape index (κ1) is 16.6. The molecule has 0 aliphatic heterocycles. The third kappa shape index (κ3) is 6.04. The van der Waals surface area contributed by atoms with Crippen LogP contribution in [0.25, 0.3) is 0 Å². The summed E-state index contributed by atoms with van der Waals surface area (Å²) in [6, 6.07) is 3.07. The van der Waals surface area contributed by atoms with E-state index in [-0.39, 0.29) is 17.9 Å². The van der Waals surface area contributed by atoms with Gasteiger partial charge in [0, 0.05) is 18.7 Å². The van der Waals surface area contributed by atoms with Gasteiger partial charge in [0.05, 0.1) is 0 Å². The highest BCUT2D eigenvalue weighted by atomic mass is 19.3. The van der Waals surface area contributed by atoms with Gasteiger partial charge in [0.2, 0.25) is 0 Å². The molecule has 0 aliphatic carbocycles. The van der Waals surface area contributed by atoms with Crippen molar-refractivity contribution >= 4 is 17.7 Å². The number of nitrogens with one attached hydrogen (secondary N) is 2. The Bertz CT molecular complexity index is 481. The first-order valence-corrected chi connectivity index (χ1v) is 5.88. The maximum atomic E-state index is 11.9. The lowest BCUT2D eigenvalue weighted by Crippen LogP contribution is -2.43. The zero-order chi connectivity index (χ0) is 15.8. The number of aliphatic hydroxyl groups is 1. The van der Waals surface area contributed by atoms with E-state index in [0.717, 1.165) is 0 Å². The van der Waals surface area contributed by atoms with Gasteiger partial charge in [-0.3, -0.25) is 0 Å². The lowest BCUT2D eigenvalue weighted by atomic mass is 10.2. The molecule has 116 valence electrons. The number of urea groups is 1. The first-order chi connectivity index (χ1) is 9.92. The number of carbonyl (C=O) groups excluding carboxylic acids is 1. The van der Waals surface area contributed by atoms with Crippen LogP contribution in [-0.4, -0.2) is 41.5 Å². The SMILES string of the molecule is O=C(Nc1ccc(OC(F)F)cc1)NC(CCO)C(=O)O. The van der Waals surface area contributed by atoms with Crippen LogP contribution in [0.1, 0.15) is 6.42 Å². The average Bonchev–Trinajstić information content (AvgIpc) is 2.40. The molecule has 1 rings (SSSR count). The first-order valence-electron chi connectivity index (χ1n) is 5.88. The standard InChI is InChI=1S/C12H14F2N2O5/c13-11(14)21-8-3-1-7(2-4-8)15-12(20)16-9(5-6-17)10(18)19/h1-4,9,11,17H,5-6H2,(H,18,19)(H2,15,16,20). The molecule has 0 spiro atoms. The number of aliphatic hydroxyl groups excluding tert-OH is 1. The molecule has 0 saturated carbocycles. The second-order valence-electron chi connectivity index (χ2n) is 3.90. The average molecular weight is 304 g/mol. The number of aliphatic carboxylic acids is 1. The molecule has 0 heterocycles. The molecule has 0 aliphatic rings. The van der Waals surface area contributed by atoms with Crippen LogP contribution < -0.4 is 15.4 Å². The maximum Gasteiger partial charge on any atom is 0.387 e. The molecule has 1 unspecified atom stereocenters. The van der Waals surface area contributed by atoms with E-state index in [4.69, 9.17) is 10.2 Å². The highest BCUT2D eigenvalue weighted by molar-refractivity contribution is 5.92. The molecule has 7 nitrogen and oxygen atoms in total. The minimum Gasteiger partial charge on any atom is -0.480 e. The number of carboxylic acids is 1. The Morgan fingerprint density at radius 1 is 1.24 bits per heavy atom. The van der Waals surface area contributed by atoms with Crippen molar-refractivity contribution < 1.29 is 33.3 Å². The molecule has 0 fully saturated rings. The van der Waals surface area contributed by atoms with Gasteiger partial charge in [-0.2, -0.15) is 8.78 Å². The summed E-state index contributed by atoms with van der Waals surface area (Å²) in [5, 5.41) is 22.0. The second kappa shape index (κ2) is 8.00. The van der Waals surface area contributed by atoms with Gasteiger partial charge in [0.1, 0.15) is 11.8 Å². The fourth-order valence-corrected chi connectivity index (χ4v) is 1.43. The Morgan fingerprint density at radius 2 is 1.86 bits per heavy atom. The van der Waals surface area contributed by atoms with Crippen molar-refractivity contribution in [1.29, 1.82) is 0 Å². The Morgan fingerprint density at radius 3 is 2.33 bits per heavy atom. The number of carboxylic acid groups (broad SMARTS) is 1. The van der Waals surface area contributed by atoms with Crippen molar-refractivity contribution in [2.75, 3.05) is 11.9 Å². The summed E-state index contributed by atoms with van der Waals surface area (Å²) >= 11 is 0. The molecule has 0 bridgehead atoms. The molecule has 4 N–H and O–H groups in total. The summed E-state index contributed by atoms with van der Waals surface area (Å²) in [6.45, 7) is -3.33. The smallest absolute Gasteiger partial charge is 0.387 e. The molecule has 0 aromatic heterocycles. The molecular weight excluding hydrogens is 290 g/mol. The number of ether oxygens (including phenoxy) is 1. The number of hydrogen-bond donors (Lipinski definition) is 4. The van der Waals surface area contributed by atoms with Gasteiger partial charge in [0.15, 0.2) is 0 Å². The van der Waals surface area contributed by atoms with E-state index in [2.05, 4.69) is 15.4 Å². The fourth-order valence-electron chi connectivity index (χ4n) is 1.43. The highest BCUT2D eigenvalue weighted by Gasteiger charge is 2.19. The summed E-state index contributed by atoms with van der Waals surface area (Å²) in [7, 11) is 0. The van der Waals surface area contributed by atoms with Crippen molar-refractivity contribution in [3.8, 4) is 5.75 Å². The van der Waals surface area contributed by atoms with Gasteiger partial charge in [-0.05, 0) is 24.3 Å². The van der Waals surface area contributed by atoms with Gasteiger partial charge in [-0.1, -0.05) is 0 Å². The van der Waals surface area contributed by atoms with Gasteiger partial charge < -0.3 is 25.6 Å². The van der Waals surface area contributed by atoms with Crippen LogP contribution in [0, 0.1) is 0 Å². The minimum absolute atomic E-state index is 0.0698. The minimum atomic E-state index is -2.94. The summed E-state index contributed by atoms with van der Waals surface area (Å²) in [5.74, 6) is -1.35. The molecule has 1 aromatic rings. The topological polar surface area (TPSA) is 108 Å². The number of benzene rings is 1. The van der Waals surface area contributed by atoms with Gasteiger partial charge in [0.25, 0.3) is 0 Å². The van der Waals surface area contributed by atoms with Crippen LogP contribution in [0.2, 0.25) is 0 Å². The van der Waals surface area contributed by atoms with Crippen molar-refractivity contribution in [2.45, 2.75) is 19.1 Å². The van der Waals surface area contributed by atoms with Gasteiger partial charge in [-0.15, -0.1) is 0 Å². The predicted molar refractivity (Wildman–Crippen MR) is 68.4 cm³/mol. The van der Waals surface area contributed by atoms with Crippen LogP contribution in [0.15, 0.2) is 24.3 Å². The van der Waals surface area contributed by atoms with E-state index in [9.17, 15) is 18.4 Å². The highest BCUT2D eigenvalue weighted by Crippen LogP contribution is 2.17. The summed E-state index contributed by atoms with van der Waals surface area (Å²) in [6.07, 6.45) is -0.135. The summed E-state index contributed by atoms with van der Waals surface area (Å²) < 4.78 is 28.0. The van der Waals surface area contributed by atoms with Crippen molar-refractivity contribution in [3.05, 3.63) is 24.3 Å². The lowest BCUT2D eigenvalue weighted by molar-refractivity contribution is -0.139. The monoisotopic (exact) mass is 304 g/mol. The van der Waals surface area contributed by atoms with Gasteiger partial charge in [-0.25, -0.2) is 9.59 Å². The number of alkyl halides is 2. The van der Waals surface area contributed by atoms with Gasteiger partial charge >= 0.3 is 18.6 Å². The third-order valence-corrected chi connectivity index (χ3v) is 2.36. The lowest BCUT2D eigenvalue weighted by Gasteiger charge is -2.14. The van der Waals surface area contributed by atoms with E-state index < -0.39 is 31.3 Å². The third-order valence-electron chi connectivity index (χ3n) is 2.36. The molecule has 0 radical (unpaired) electrons. The maximum absolute atomic E-state index is 11.9. The quantitative estimate of drug-likeness (QED) is 0.606. The predicted octanol–water partition coefficient (Wildman–Crippen LogP) is 1.25. The Kier molecular flexibility index (Phi) is 6.34. The molecule has 2 amide bonds. The Balaban J connectivity index is 2.56. The number of carbonyl (C=O) groups is 2. The molecule has 1 atom stereocenters. The normalized spacial score (nSPS) is 11.8. The van der Waals surface area contributed by atoms with Crippen molar-refractivity contribution in [3.63, 3.8) is 0 Å². The molecule has 1 aromatic carbocycles. The van der Waals surface area contributed by atoms with Crippen LogP contribution >= 0.6 is 0 Å². The van der Waals surface area contributed by atoms with Crippen LogP contribution in [0.4, 0.5) is 19.3 Å². The second-order valence-corrected chi connectivity index (χ2v) is 3.90. The number of anilines is 1. The Labute approximate surface area is 118 Å². The van der Waals surface area contributed by atoms with Crippen molar-refractivity contribution in [2.24, 2.45) is 0 Å². The fraction of sp³-hybridized carbons (Fsp3) is 0.333. The van der Waals surface area contributed by atoms with Crippen molar-refractivity contribution in [1.82, 2.24) is 5.32 Å². The molecule has 9 heteroatoms.